The summed E-state index contributed by atoms with van der Waals surface area (Å²) in [7, 11) is 0. The average Bonchev–Trinajstić information content (AvgIpc) is 2.60. The topological polar surface area (TPSA) is 99.1 Å². The summed E-state index contributed by atoms with van der Waals surface area (Å²) in [4.78, 5) is 27.3. The van der Waals surface area contributed by atoms with Crippen molar-refractivity contribution in [1.82, 2.24) is 4.98 Å². The molecular weight excluding hydrogens is 318 g/mol. The molecule has 0 radical (unpaired) electrons. The van der Waals surface area contributed by atoms with E-state index in [1.54, 1.807) is 19.1 Å². The first-order chi connectivity index (χ1) is 12.0. The lowest BCUT2D eigenvalue weighted by Gasteiger charge is -2.09. The lowest BCUT2D eigenvalue weighted by Crippen LogP contribution is -2.06. The highest BCUT2D eigenvalue weighted by Crippen LogP contribution is 2.26. The maximum atomic E-state index is 12.6. The van der Waals surface area contributed by atoms with Gasteiger partial charge in [-0.2, -0.15) is 0 Å². The summed E-state index contributed by atoms with van der Waals surface area (Å²) < 4.78 is 0. The highest BCUT2D eigenvalue weighted by atomic mass is 16.6. The number of hydrogen-bond donors (Lipinski definition) is 1. The van der Waals surface area contributed by atoms with E-state index in [9.17, 15) is 14.9 Å². The number of carbonyl (C=O) groups excluding carboxylic acids is 1. The molecule has 2 N–H and O–H groups in total. The maximum absolute atomic E-state index is 12.6. The van der Waals surface area contributed by atoms with Gasteiger partial charge in [-0.15, -0.1) is 0 Å². The molecule has 6 heteroatoms. The SMILES string of the molecule is Cc1nc2ccccc2c(N)c1C(=O)/C=C/c1cccc([N+](=O)[O-])c1. The Morgan fingerprint density at radius 1 is 1.20 bits per heavy atom. The van der Waals surface area contributed by atoms with Crippen molar-refractivity contribution in [2.45, 2.75) is 6.92 Å². The second-order valence-corrected chi connectivity index (χ2v) is 5.55. The number of aryl methyl sites for hydroxylation is 1. The number of nitro benzene ring substituents is 1. The van der Waals surface area contributed by atoms with Gasteiger partial charge in [0.1, 0.15) is 0 Å². The van der Waals surface area contributed by atoms with Crippen molar-refractivity contribution in [2.24, 2.45) is 0 Å². The fourth-order valence-corrected chi connectivity index (χ4v) is 2.67. The maximum Gasteiger partial charge on any atom is 0.270 e. The van der Waals surface area contributed by atoms with Gasteiger partial charge in [-0.1, -0.05) is 36.4 Å². The molecule has 25 heavy (non-hydrogen) atoms. The first kappa shape index (κ1) is 16.3. The third kappa shape index (κ3) is 3.23. The lowest BCUT2D eigenvalue weighted by molar-refractivity contribution is -0.384. The van der Waals surface area contributed by atoms with E-state index in [0.29, 0.717) is 22.5 Å². The predicted octanol–water partition coefficient (Wildman–Crippen LogP) is 3.93. The van der Waals surface area contributed by atoms with Crippen LogP contribution >= 0.6 is 0 Å². The summed E-state index contributed by atoms with van der Waals surface area (Å²) in [6.07, 6.45) is 2.89. The number of carbonyl (C=O) groups is 1. The molecule has 0 spiro atoms. The summed E-state index contributed by atoms with van der Waals surface area (Å²) in [6.45, 7) is 1.73. The molecule has 1 aromatic heterocycles. The average molecular weight is 333 g/mol. The molecule has 0 aliphatic heterocycles. The van der Waals surface area contributed by atoms with Crippen molar-refractivity contribution in [3.8, 4) is 0 Å². The zero-order chi connectivity index (χ0) is 18.0. The Labute approximate surface area is 143 Å². The van der Waals surface area contributed by atoms with E-state index in [1.807, 2.05) is 24.3 Å². The molecular formula is C19H15N3O3. The summed E-state index contributed by atoms with van der Waals surface area (Å²) in [5.41, 5.74) is 8.71. The molecule has 0 aliphatic carbocycles. The second-order valence-electron chi connectivity index (χ2n) is 5.55. The van der Waals surface area contributed by atoms with E-state index in [0.717, 1.165) is 10.9 Å². The second kappa shape index (κ2) is 6.52. The number of para-hydroxylation sites is 1. The normalized spacial score (nSPS) is 11.1. The number of benzene rings is 2. The quantitative estimate of drug-likeness (QED) is 0.337. The van der Waals surface area contributed by atoms with Crippen LogP contribution in [0.15, 0.2) is 54.6 Å². The summed E-state index contributed by atoms with van der Waals surface area (Å²) in [6, 6.07) is 13.4. The summed E-state index contributed by atoms with van der Waals surface area (Å²) in [5, 5.41) is 11.5. The predicted molar refractivity (Wildman–Crippen MR) is 97.4 cm³/mol. The van der Waals surface area contributed by atoms with E-state index >= 15 is 0 Å². The summed E-state index contributed by atoms with van der Waals surface area (Å²) in [5.74, 6) is -0.292. The first-order valence-corrected chi connectivity index (χ1v) is 7.59. The molecule has 3 rings (SSSR count). The van der Waals surface area contributed by atoms with Crippen molar-refractivity contribution in [3.05, 3.63) is 81.5 Å². The molecule has 0 amide bonds. The van der Waals surface area contributed by atoms with E-state index in [4.69, 9.17) is 5.73 Å². The van der Waals surface area contributed by atoms with Crippen molar-refractivity contribution < 1.29 is 9.72 Å². The Morgan fingerprint density at radius 3 is 2.72 bits per heavy atom. The number of ketones is 1. The van der Waals surface area contributed by atoms with Crippen LogP contribution in [0, 0.1) is 17.0 Å². The number of pyridine rings is 1. The van der Waals surface area contributed by atoms with E-state index < -0.39 is 4.92 Å². The van der Waals surface area contributed by atoms with Crippen LogP contribution < -0.4 is 5.73 Å². The van der Waals surface area contributed by atoms with Crippen molar-refractivity contribution in [2.75, 3.05) is 5.73 Å². The molecule has 0 aliphatic rings. The zero-order valence-electron chi connectivity index (χ0n) is 13.5. The van der Waals surface area contributed by atoms with Crippen molar-refractivity contribution in [1.29, 1.82) is 0 Å². The highest BCUT2D eigenvalue weighted by molar-refractivity contribution is 6.14. The molecule has 6 nitrogen and oxygen atoms in total. The molecule has 0 atom stereocenters. The van der Waals surface area contributed by atoms with Gasteiger partial charge in [-0.05, 0) is 24.6 Å². The monoisotopic (exact) mass is 333 g/mol. The zero-order valence-corrected chi connectivity index (χ0v) is 13.5. The number of rotatable bonds is 4. The lowest BCUT2D eigenvalue weighted by atomic mass is 10.0. The molecule has 0 fully saturated rings. The van der Waals surface area contributed by atoms with E-state index in [-0.39, 0.29) is 11.5 Å². The standard InChI is InChI=1S/C19H15N3O3/c1-12-18(19(20)15-7-2-3-8-16(15)21-12)17(23)10-9-13-5-4-6-14(11-13)22(24)25/h2-11H,1H3,(H2,20,21)/b10-9+. The van der Waals surface area contributed by atoms with Gasteiger partial charge in [0.25, 0.3) is 5.69 Å². The third-order valence-corrected chi connectivity index (χ3v) is 3.87. The molecule has 0 saturated heterocycles. The number of fused-ring (bicyclic) bond motifs is 1. The van der Waals surface area contributed by atoms with Crippen LogP contribution in [-0.2, 0) is 0 Å². The Balaban J connectivity index is 1.97. The fraction of sp³-hybridized carbons (Fsp3) is 0.0526. The number of aromatic nitrogens is 1. The van der Waals surface area contributed by atoms with Gasteiger partial charge in [0, 0.05) is 17.5 Å². The number of nitrogen functional groups attached to an aromatic ring is 1. The summed E-state index contributed by atoms with van der Waals surface area (Å²) >= 11 is 0. The first-order valence-electron chi connectivity index (χ1n) is 7.59. The van der Waals surface area contributed by atoms with Crippen LogP contribution in [0.25, 0.3) is 17.0 Å². The minimum Gasteiger partial charge on any atom is -0.398 e. The largest absolute Gasteiger partial charge is 0.398 e. The number of allylic oxidation sites excluding steroid dienone is 1. The number of anilines is 1. The van der Waals surface area contributed by atoms with Crippen molar-refractivity contribution in [3.63, 3.8) is 0 Å². The molecule has 0 saturated carbocycles. The molecule has 124 valence electrons. The van der Waals surface area contributed by atoms with Crippen LogP contribution in [0.5, 0.6) is 0 Å². The Hall–Kier alpha value is -3.54. The van der Waals surface area contributed by atoms with E-state index in [1.165, 1.54) is 24.3 Å². The van der Waals surface area contributed by atoms with E-state index in [2.05, 4.69) is 4.98 Å². The van der Waals surface area contributed by atoms with Crippen LogP contribution in [0.3, 0.4) is 0 Å². The minimum atomic E-state index is -0.478. The molecule has 2 aromatic carbocycles. The molecule has 3 aromatic rings. The van der Waals surface area contributed by atoms with Crippen LogP contribution in [-0.4, -0.2) is 15.7 Å². The van der Waals surface area contributed by atoms with Gasteiger partial charge in [0.15, 0.2) is 5.78 Å². The third-order valence-electron chi connectivity index (χ3n) is 3.87. The fourth-order valence-electron chi connectivity index (χ4n) is 2.67. The van der Waals surface area contributed by atoms with Crippen LogP contribution in [0.1, 0.15) is 21.6 Å². The van der Waals surface area contributed by atoms with Gasteiger partial charge < -0.3 is 5.73 Å². The number of nitrogens with two attached hydrogens (primary N) is 1. The molecule has 0 unspecified atom stereocenters. The Kier molecular flexibility index (Phi) is 4.26. The van der Waals surface area contributed by atoms with Crippen molar-refractivity contribution >= 4 is 34.1 Å². The molecule has 1 heterocycles. The van der Waals surface area contributed by atoms with Gasteiger partial charge >= 0.3 is 0 Å². The number of hydrogen-bond acceptors (Lipinski definition) is 5. The van der Waals surface area contributed by atoms with Crippen LogP contribution in [0.4, 0.5) is 11.4 Å². The highest BCUT2D eigenvalue weighted by Gasteiger charge is 2.15. The number of nitrogens with zero attached hydrogens (tertiary/aromatic N) is 2. The van der Waals surface area contributed by atoms with Gasteiger partial charge in [0.05, 0.1) is 27.4 Å². The van der Waals surface area contributed by atoms with Gasteiger partial charge in [-0.3, -0.25) is 19.9 Å². The number of non-ortho nitro benzene ring substituents is 1. The Bertz CT molecular complexity index is 1030. The van der Waals surface area contributed by atoms with Gasteiger partial charge in [-0.25, -0.2) is 0 Å². The molecule has 0 bridgehead atoms. The smallest absolute Gasteiger partial charge is 0.270 e. The van der Waals surface area contributed by atoms with Crippen LogP contribution in [0.2, 0.25) is 0 Å². The Morgan fingerprint density at radius 2 is 1.96 bits per heavy atom. The van der Waals surface area contributed by atoms with Gasteiger partial charge in [0.2, 0.25) is 0 Å². The number of nitro groups is 1. The minimum absolute atomic E-state index is 0.0299.